The summed E-state index contributed by atoms with van der Waals surface area (Å²) in [4.78, 5) is 37.8. The third kappa shape index (κ3) is 3.61. The van der Waals surface area contributed by atoms with Crippen molar-refractivity contribution >= 4 is 46.8 Å². The first kappa shape index (κ1) is 18.8. The fourth-order valence-electron chi connectivity index (χ4n) is 3.19. The molecular formula is C17H19ClN2O5S. The number of rotatable bonds is 5. The van der Waals surface area contributed by atoms with E-state index in [-0.39, 0.29) is 10.8 Å². The van der Waals surface area contributed by atoms with E-state index in [0.717, 1.165) is 6.42 Å². The molecule has 7 nitrogen and oxygen atoms in total. The number of nitrogens with one attached hydrogen (secondary N) is 1. The second-order valence-electron chi connectivity index (χ2n) is 6.27. The molecule has 0 radical (unpaired) electrons. The highest BCUT2D eigenvalue weighted by Crippen LogP contribution is 2.47. The lowest BCUT2D eigenvalue weighted by atomic mass is 10.2. The maximum absolute atomic E-state index is 12.4. The maximum Gasteiger partial charge on any atom is 0.330 e. The Balaban J connectivity index is 1.57. The normalized spacial score (nSPS) is 24.3. The zero-order chi connectivity index (χ0) is 18.9. The number of methoxy groups -OCH3 is 1. The number of carbonyl (C=O) groups is 3. The highest BCUT2D eigenvalue weighted by Gasteiger charge is 2.53. The highest BCUT2D eigenvalue weighted by molar-refractivity contribution is 8.01. The van der Waals surface area contributed by atoms with Crippen LogP contribution >= 0.6 is 23.4 Å². The second-order valence-corrected chi connectivity index (χ2v) is 8.20. The number of benzene rings is 1. The van der Waals surface area contributed by atoms with Gasteiger partial charge in [0.05, 0.1) is 17.7 Å². The van der Waals surface area contributed by atoms with Crippen molar-refractivity contribution in [2.75, 3.05) is 24.8 Å². The molecule has 2 atom stereocenters. The smallest absolute Gasteiger partial charge is 0.330 e. The van der Waals surface area contributed by atoms with Gasteiger partial charge in [-0.1, -0.05) is 11.6 Å². The van der Waals surface area contributed by atoms with Gasteiger partial charge in [-0.2, -0.15) is 0 Å². The first-order valence-electron chi connectivity index (χ1n) is 8.10. The summed E-state index contributed by atoms with van der Waals surface area (Å²) in [7, 11) is 1.47. The van der Waals surface area contributed by atoms with Crippen molar-refractivity contribution in [2.24, 2.45) is 0 Å². The van der Waals surface area contributed by atoms with E-state index >= 15 is 0 Å². The van der Waals surface area contributed by atoms with Crippen LogP contribution in [0.5, 0.6) is 5.75 Å². The second kappa shape index (κ2) is 7.36. The van der Waals surface area contributed by atoms with E-state index in [1.807, 2.05) is 6.92 Å². The number of ether oxygens (including phenoxy) is 2. The molecule has 0 unspecified atom stereocenters. The average Bonchev–Trinajstić information content (AvgIpc) is 3.09. The average molecular weight is 399 g/mol. The first-order chi connectivity index (χ1) is 12.3. The van der Waals surface area contributed by atoms with E-state index in [1.54, 1.807) is 34.9 Å². The third-order valence-electron chi connectivity index (χ3n) is 4.50. The summed E-state index contributed by atoms with van der Waals surface area (Å²) in [6.07, 6.45) is 1.15. The number of carbonyl (C=O) groups excluding carboxylic acids is 3. The molecule has 140 valence electrons. The van der Waals surface area contributed by atoms with Gasteiger partial charge in [0, 0.05) is 17.2 Å². The van der Waals surface area contributed by atoms with Crippen LogP contribution in [0.2, 0.25) is 5.02 Å². The lowest BCUT2D eigenvalue weighted by Crippen LogP contribution is -2.47. The largest absolute Gasteiger partial charge is 0.495 e. The van der Waals surface area contributed by atoms with Gasteiger partial charge < -0.3 is 19.7 Å². The van der Waals surface area contributed by atoms with Crippen molar-refractivity contribution in [1.29, 1.82) is 0 Å². The minimum absolute atomic E-state index is 0.0486. The van der Waals surface area contributed by atoms with Crippen LogP contribution in [-0.4, -0.2) is 53.1 Å². The standard InChI is InChI=1S/C17H19ClN2O5S/c1-17-6-5-15(22)20(17)12(9-26-17)16(23)25-8-14(21)19-11-7-10(18)3-4-13(11)24-2/h3-4,7,12H,5-6,8-9H2,1-2H3,(H,19,21)/t12-,17+/m0/s1. The molecule has 2 amide bonds. The topological polar surface area (TPSA) is 84.9 Å². The van der Waals surface area contributed by atoms with Crippen LogP contribution in [0.1, 0.15) is 19.8 Å². The van der Waals surface area contributed by atoms with E-state index in [4.69, 9.17) is 21.1 Å². The summed E-state index contributed by atoms with van der Waals surface area (Å²) in [6, 6.07) is 4.16. The molecule has 0 saturated carbocycles. The van der Waals surface area contributed by atoms with Crippen LogP contribution in [0.3, 0.4) is 0 Å². The molecule has 9 heteroatoms. The molecule has 2 saturated heterocycles. The van der Waals surface area contributed by atoms with E-state index in [0.29, 0.717) is 28.6 Å². The minimum Gasteiger partial charge on any atom is -0.495 e. The van der Waals surface area contributed by atoms with Crippen molar-refractivity contribution in [3.05, 3.63) is 23.2 Å². The number of fused-ring (bicyclic) bond motifs is 1. The Hall–Kier alpha value is -1.93. The van der Waals surface area contributed by atoms with Crippen molar-refractivity contribution < 1.29 is 23.9 Å². The van der Waals surface area contributed by atoms with Gasteiger partial charge >= 0.3 is 5.97 Å². The number of esters is 1. The summed E-state index contributed by atoms with van der Waals surface area (Å²) in [6.45, 7) is 1.50. The third-order valence-corrected chi connectivity index (χ3v) is 6.24. The van der Waals surface area contributed by atoms with E-state index in [2.05, 4.69) is 5.32 Å². The summed E-state index contributed by atoms with van der Waals surface area (Å²) in [5.41, 5.74) is 0.389. The number of nitrogens with zero attached hydrogens (tertiary/aromatic N) is 1. The van der Waals surface area contributed by atoms with Crippen molar-refractivity contribution in [1.82, 2.24) is 4.90 Å². The van der Waals surface area contributed by atoms with E-state index in [9.17, 15) is 14.4 Å². The zero-order valence-electron chi connectivity index (χ0n) is 14.4. The van der Waals surface area contributed by atoms with Crippen molar-refractivity contribution in [3.63, 3.8) is 0 Å². The Morgan fingerprint density at radius 3 is 2.96 bits per heavy atom. The van der Waals surface area contributed by atoms with Gasteiger partial charge in [-0.25, -0.2) is 4.79 Å². The lowest BCUT2D eigenvalue weighted by molar-refractivity contribution is -0.155. The van der Waals surface area contributed by atoms with Gasteiger partial charge in [-0.3, -0.25) is 9.59 Å². The fourth-order valence-corrected chi connectivity index (χ4v) is 4.78. The van der Waals surface area contributed by atoms with Crippen molar-refractivity contribution in [3.8, 4) is 5.75 Å². The molecule has 1 aromatic carbocycles. The van der Waals surface area contributed by atoms with Gasteiger partial charge in [0.1, 0.15) is 11.8 Å². The quantitative estimate of drug-likeness (QED) is 0.766. The van der Waals surface area contributed by atoms with Crippen LogP contribution in [0.25, 0.3) is 0 Å². The number of thioether (sulfide) groups is 1. The van der Waals surface area contributed by atoms with E-state index < -0.39 is 24.5 Å². The molecule has 3 rings (SSSR count). The molecule has 2 fully saturated rings. The molecule has 26 heavy (non-hydrogen) atoms. The van der Waals surface area contributed by atoms with Crippen LogP contribution in [0.15, 0.2) is 18.2 Å². The predicted molar refractivity (Wildman–Crippen MR) is 98.3 cm³/mol. The summed E-state index contributed by atoms with van der Waals surface area (Å²) < 4.78 is 10.3. The predicted octanol–water partition coefficient (Wildman–Crippen LogP) is 2.28. The van der Waals surface area contributed by atoms with Crippen molar-refractivity contribution in [2.45, 2.75) is 30.7 Å². The Labute approximate surface area is 160 Å². The molecule has 1 aromatic rings. The Morgan fingerprint density at radius 2 is 2.23 bits per heavy atom. The Bertz CT molecular complexity index is 759. The maximum atomic E-state index is 12.4. The Morgan fingerprint density at radius 1 is 1.46 bits per heavy atom. The van der Waals surface area contributed by atoms with Gasteiger partial charge in [-0.05, 0) is 31.5 Å². The number of amides is 2. The van der Waals surface area contributed by atoms with Crippen LogP contribution in [0, 0.1) is 0 Å². The fraction of sp³-hybridized carbons (Fsp3) is 0.471. The number of halogens is 1. The highest BCUT2D eigenvalue weighted by atomic mass is 35.5. The minimum atomic E-state index is -0.645. The molecule has 0 aliphatic carbocycles. The number of hydrogen-bond donors (Lipinski definition) is 1. The lowest BCUT2D eigenvalue weighted by Gasteiger charge is -2.29. The molecule has 0 aromatic heterocycles. The van der Waals surface area contributed by atoms with Crippen LogP contribution in [0.4, 0.5) is 5.69 Å². The number of anilines is 1. The van der Waals surface area contributed by atoms with Gasteiger partial charge in [0.15, 0.2) is 6.61 Å². The molecule has 2 aliphatic heterocycles. The van der Waals surface area contributed by atoms with Crippen LogP contribution in [-0.2, 0) is 19.1 Å². The van der Waals surface area contributed by atoms with Gasteiger partial charge in [0.25, 0.3) is 5.91 Å². The summed E-state index contributed by atoms with van der Waals surface area (Å²) >= 11 is 7.49. The number of hydrogen-bond acceptors (Lipinski definition) is 6. The van der Waals surface area contributed by atoms with Gasteiger partial charge in [0.2, 0.25) is 5.91 Å². The SMILES string of the molecule is COc1ccc(Cl)cc1NC(=O)COC(=O)[C@@H]1CS[C@]2(C)CCC(=O)N12. The Kier molecular flexibility index (Phi) is 5.34. The summed E-state index contributed by atoms with van der Waals surface area (Å²) in [5.74, 6) is -0.206. The first-order valence-corrected chi connectivity index (χ1v) is 9.46. The molecule has 2 aliphatic rings. The molecule has 2 heterocycles. The molecule has 0 bridgehead atoms. The monoisotopic (exact) mass is 398 g/mol. The van der Waals surface area contributed by atoms with Crippen LogP contribution < -0.4 is 10.1 Å². The van der Waals surface area contributed by atoms with E-state index in [1.165, 1.54) is 7.11 Å². The molecule has 0 spiro atoms. The summed E-state index contributed by atoms with van der Waals surface area (Å²) in [5, 5.41) is 3.04. The molecular weight excluding hydrogens is 380 g/mol. The zero-order valence-corrected chi connectivity index (χ0v) is 16.0. The van der Waals surface area contributed by atoms with Gasteiger partial charge in [-0.15, -0.1) is 11.8 Å². The molecule has 1 N–H and O–H groups in total.